The van der Waals surface area contributed by atoms with Crippen molar-refractivity contribution in [1.82, 2.24) is 0 Å². The van der Waals surface area contributed by atoms with Crippen LogP contribution in [0.1, 0.15) is 36.8 Å². The Balaban J connectivity index is 2.46. The first-order valence-corrected chi connectivity index (χ1v) is 5.71. The second-order valence-corrected chi connectivity index (χ2v) is 4.50. The van der Waals surface area contributed by atoms with Crippen LogP contribution in [0.5, 0.6) is 5.75 Å². The lowest BCUT2D eigenvalue weighted by Gasteiger charge is -2.38. The molecule has 98 valence electrons. The number of hydrogen-bond donors (Lipinski definition) is 1. The van der Waals surface area contributed by atoms with E-state index in [1.165, 1.54) is 19.2 Å². The third-order valence-electron chi connectivity index (χ3n) is 3.63. The molecule has 0 bridgehead atoms. The van der Waals surface area contributed by atoms with Gasteiger partial charge in [-0.25, -0.2) is 8.78 Å². The molecule has 0 saturated heterocycles. The van der Waals surface area contributed by atoms with Crippen LogP contribution in [0.4, 0.5) is 8.78 Å². The largest absolute Gasteiger partial charge is 0.496 e. The third-order valence-corrected chi connectivity index (χ3v) is 3.63. The van der Waals surface area contributed by atoms with Crippen LogP contribution >= 0.6 is 0 Å². The number of benzene rings is 1. The molecule has 1 aromatic rings. The van der Waals surface area contributed by atoms with Gasteiger partial charge in [0.2, 0.25) is 0 Å². The van der Waals surface area contributed by atoms with Gasteiger partial charge in [0.25, 0.3) is 6.43 Å². The topological polar surface area (TPSA) is 46.5 Å². The van der Waals surface area contributed by atoms with E-state index in [4.69, 9.17) is 4.74 Å². The predicted molar refractivity (Wildman–Crippen MR) is 61.1 cm³/mol. The van der Waals surface area contributed by atoms with Crippen molar-refractivity contribution in [2.75, 3.05) is 7.11 Å². The van der Waals surface area contributed by atoms with E-state index in [9.17, 15) is 18.7 Å². The van der Waals surface area contributed by atoms with E-state index in [2.05, 4.69) is 0 Å². The summed E-state index contributed by atoms with van der Waals surface area (Å²) in [5.74, 6) is -0.854. The van der Waals surface area contributed by atoms with E-state index in [1.54, 1.807) is 6.07 Å². The van der Waals surface area contributed by atoms with E-state index < -0.39 is 17.8 Å². The summed E-state index contributed by atoms with van der Waals surface area (Å²) < 4.78 is 30.6. The Morgan fingerprint density at radius 3 is 2.50 bits per heavy atom. The molecule has 3 nitrogen and oxygen atoms in total. The molecule has 1 aromatic carbocycles. The number of alkyl halides is 2. The minimum absolute atomic E-state index is 0.0913. The molecule has 0 unspecified atom stereocenters. The molecule has 0 radical (unpaired) electrons. The van der Waals surface area contributed by atoms with Gasteiger partial charge >= 0.3 is 5.97 Å². The van der Waals surface area contributed by atoms with Crippen LogP contribution in [0.15, 0.2) is 18.2 Å². The van der Waals surface area contributed by atoms with Gasteiger partial charge in [-0.15, -0.1) is 0 Å². The minimum Gasteiger partial charge on any atom is -0.496 e. The van der Waals surface area contributed by atoms with E-state index >= 15 is 0 Å². The van der Waals surface area contributed by atoms with Crippen LogP contribution in [-0.4, -0.2) is 18.2 Å². The molecule has 0 aromatic heterocycles. The predicted octanol–water partition coefficient (Wildman–Crippen LogP) is 3.14. The van der Waals surface area contributed by atoms with Crippen molar-refractivity contribution in [3.05, 3.63) is 29.3 Å². The Bertz CT molecular complexity index is 467. The maximum atomic E-state index is 12.9. The Morgan fingerprint density at radius 2 is 2.11 bits per heavy atom. The lowest BCUT2D eigenvalue weighted by molar-refractivity contribution is -0.147. The van der Waals surface area contributed by atoms with Gasteiger partial charge in [0.1, 0.15) is 5.75 Å². The Kier molecular flexibility index (Phi) is 3.24. The van der Waals surface area contributed by atoms with Crippen LogP contribution in [0.2, 0.25) is 0 Å². The molecule has 0 spiro atoms. The highest BCUT2D eigenvalue weighted by Gasteiger charge is 2.46. The van der Waals surface area contributed by atoms with Crippen molar-refractivity contribution >= 4 is 5.97 Å². The van der Waals surface area contributed by atoms with Crippen molar-refractivity contribution in [1.29, 1.82) is 0 Å². The molecule has 1 aliphatic rings. The normalized spacial score (nSPS) is 17.3. The summed E-state index contributed by atoms with van der Waals surface area (Å²) in [4.78, 5) is 11.3. The molecule has 2 rings (SSSR count). The van der Waals surface area contributed by atoms with Gasteiger partial charge in [-0.3, -0.25) is 4.79 Å². The summed E-state index contributed by atoms with van der Waals surface area (Å²) in [6, 6.07) is 4.24. The number of aliphatic carboxylic acids is 1. The smallest absolute Gasteiger partial charge is 0.314 e. The van der Waals surface area contributed by atoms with Crippen LogP contribution in [0.25, 0.3) is 0 Å². The van der Waals surface area contributed by atoms with Crippen LogP contribution in [-0.2, 0) is 10.2 Å². The molecule has 18 heavy (non-hydrogen) atoms. The summed E-state index contributed by atoms with van der Waals surface area (Å²) >= 11 is 0. The zero-order valence-corrected chi connectivity index (χ0v) is 9.95. The Labute approximate surface area is 103 Å². The standard InChI is InChI=1S/C13H14F2O3/c1-18-10-4-3-8(7-9(10)11(14)15)13(12(16)17)5-2-6-13/h3-4,7,11H,2,5-6H2,1H3,(H,16,17). The number of carboxylic acid groups (broad SMARTS) is 1. The molecule has 1 saturated carbocycles. The molecule has 0 amide bonds. The van der Waals surface area contributed by atoms with E-state index in [-0.39, 0.29) is 11.3 Å². The van der Waals surface area contributed by atoms with Crippen molar-refractivity contribution in [3.8, 4) is 5.75 Å². The molecule has 0 atom stereocenters. The van der Waals surface area contributed by atoms with Gasteiger partial charge in [-0.05, 0) is 30.5 Å². The molecule has 1 fully saturated rings. The van der Waals surface area contributed by atoms with Gasteiger partial charge in [0, 0.05) is 0 Å². The number of ether oxygens (including phenoxy) is 1. The fraction of sp³-hybridized carbons (Fsp3) is 0.462. The number of halogens is 2. The van der Waals surface area contributed by atoms with Crippen LogP contribution in [0.3, 0.4) is 0 Å². The Morgan fingerprint density at radius 1 is 1.44 bits per heavy atom. The fourth-order valence-corrected chi connectivity index (χ4v) is 2.36. The number of carbonyl (C=O) groups is 1. The Hall–Kier alpha value is -1.65. The highest BCUT2D eigenvalue weighted by atomic mass is 19.3. The maximum absolute atomic E-state index is 12.9. The van der Waals surface area contributed by atoms with E-state index in [0.29, 0.717) is 18.4 Å². The van der Waals surface area contributed by atoms with Crippen molar-refractivity contribution in [3.63, 3.8) is 0 Å². The van der Waals surface area contributed by atoms with Crippen molar-refractivity contribution in [2.24, 2.45) is 0 Å². The zero-order chi connectivity index (χ0) is 13.3. The highest BCUT2D eigenvalue weighted by molar-refractivity contribution is 5.82. The van der Waals surface area contributed by atoms with Gasteiger partial charge in [0.15, 0.2) is 0 Å². The number of methoxy groups -OCH3 is 1. The van der Waals surface area contributed by atoms with Gasteiger partial charge in [-0.2, -0.15) is 0 Å². The summed E-state index contributed by atoms with van der Waals surface area (Å²) in [5.41, 5.74) is -0.796. The lowest BCUT2D eigenvalue weighted by atomic mass is 9.64. The quantitative estimate of drug-likeness (QED) is 0.900. The fourth-order valence-electron chi connectivity index (χ4n) is 2.36. The van der Waals surface area contributed by atoms with Crippen LogP contribution in [0, 0.1) is 0 Å². The lowest BCUT2D eigenvalue weighted by Crippen LogP contribution is -2.42. The van der Waals surface area contributed by atoms with Gasteiger partial charge in [0.05, 0.1) is 18.1 Å². The van der Waals surface area contributed by atoms with Crippen molar-refractivity contribution in [2.45, 2.75) is 31.1 Å². The number of rotatable bonds is 4. The number of hydrogen-bond acceptors (Lipinski definition) is 2. The molecule has 1 N–H and O–H groups in total. The molecule has 1 aliphatic carbocycles. The molecule has 5 heteroatoms. The first-order valence-electron chi connectivity index (χ1n) is 5.71. The molecule has 0 aliphatic heterocycles. The summed E-state index contributed by atoms with van der Waals surface area (Å²) in [5, 5.41) is 9.27. The average molecular weight is 256 g/mol. The summed E-state index contributed by atoms with van der Waals surface area (Å²) in [7, 11) is 1.32. The first-order chi connectivity index (χ1) is 8.51. The summed E-state index contributed by atoms with van der Waals surface area (Å²) in [6.07, 6.45) is -0.873. The summed E-state index contributed by atoms with van der Waals surface area (Å²) in [6.45, 7) is 0. The monoisotopic (exact) mass is 256 g/mol. The molecular formula is C13H14F2O3. The van der Waals surface area contributed by atoms with E-state index in [1.807, 2.05) is 0 Å². The first kappa shape index (κ1) is 12.8. The third kappa shape index (κ3) is 1.83. The molecule has 0 heterocycles. The van der Waals surface area contributed by atoms with Gasteiger partial charge < -0.3 is 9.84 Å². The highest BCUT2D eigenvalue weighted by Crippen LogP contribution is 2.45. The minimum atomic E-state index is -2.68. The number of carboxylic acids is 1. The second-order valence-electron chi connectivity index (χ2n) is 4.50. The second kappa shape index (κ2) is 4.55. The SMILES string of the molecule is COc1ccc(C2(C(=O)O)CCC2)cc1C(F)F. The van der Waals surface area contributed by atoms with Gasteiger partial charge in [-0.1, -0.05) is 12.5 Å². The zero-order valence-electron chi connectivity index (χ0n) is 9.95. The maximum Gasteiger partial charge on any atom is 0.314 e. The average Bonchev–Trinajstić information content (AvgIpc) is 2.26. The van der Waals surface area contributed by atoms with Crippen molar-refractivity contribution < 1.29 is 23.4 Å². The molecular weight excluding hydrogens is 242 g/mol. The van der Waals surface area contributed by atoms with E-state index in [0.717, 1.165) is 6.42 Å². The van der Waals surface area contributed by atoms with Crippen LogP contribution < -0.4 is 4.74 Å².